The van der Waals surface area contributed by atoms with Gasteiger partial charge < -0.3 is 25.4 Å². The number of thioether (sulfide) groups is 1. The number of benzene rings is 1. The SMILES string of the molecule is COc1ccc2ncc(F)c(CCN3C[C@H](CNCc4ccc5c(n4)NC(=O)CS5)[C@H](O)C3)c2c1. The van der Waals surface area contributed by atoms with Crippen LogP contribution in [-0.2, 0) is 17.8 Å². The Bertz CT molecular complexity index is 1240. The molecule has 2 aliphatic heterocycles. The van der Waals surface area contributed by atoms with Crippen LogP contribution in [0.15, 0.2) is 41.4 Å². The summed E-state index contributed by atoms with van der Waals surface area (Å²) >= 11 is 1.49. The number of anilines is 1. The number of β-amino-alcohol motifs (C(OH)–C–C–N with tert-alkyl or cyclic N) is 1. The van der Waals surface area contributed by atoms with Crippen LogP contribution in [0.4, 0.5) is 10.2 Å². The summed E-state index contributed by atoms with van der Waals surface area (Å²) in [5.74, 6) is 1.42. The maximum Gasteiger partial charge on any atom is 0.235 e. The summed E-state index contributed by atoms with van der Waals surface area (Å²) in [6.07, 6.45) is 1.34. The number of carbonyl (C=O) groups is 1. The van der Waals surface area contributed by atoms with Crippen molar-refractivity contribution in [3.8, 4) is 5.75 Å². The van der Waals surface area contributed by atoms with Crippen LogP contribution in [0.25, 0.3) is 10.9 Å². The van der Waals surface area contributed by atoms with Gasteiger partial charge in [0.05, 0.1) is 41.3 Å². The number of amides is 1. The molecular formula is C25H28FN5O3S. The van der Waals surface area contributed by atoms with Gasteiger partial charge in [-0.25, -0.2) is 9.37 Å². The lowest BCUT2D eigenvalue weighted by atomic mass is 10.0. The van der Waals surface area contributed by atoms with Crippen LogP contribution in [0.5, 0.6) is 5.75 Å². The molecule has 2 aromatic heterocycles. The van der Waals surface area contributed by atoms with Crippen molar-refractivity contribution in [3.63, 3.8) is 0 Å². The number of fused-ring (bicyclic) bond motifs is 2. The molecule has 0 saturated carbocycles. The minimum absolute atomic E-state index is 0.0342. The summed E-state index contributed by atoms with van der Waals surface area (Å²) in [5.41, 5.74) is 2.19. The summed E-state index contributed by atoms with van der Waals surface area (Å²) in [6, 6.07) is 9.41. The predicted octanol–water partition coefficient (Wildman–Crippen LogP) is 2.45. The quantitative estimate of drug-likeness (QED) is 0.437. The topological polar surface area (TPSA) is 99.6 Å². The summed E-state index contributed by atoms with van der Waals surface area (Å²) in [4.78, 5) is 23.5. The molecule has 1 aromatic carbocycles. The number of pyridine rings is 2. The van der Waals surface area contributed by atoms with E-state index in [0.717, 1.165) is 28.0 Å². The molecule has 4 heterocycles. The van der Waals surface area contributed by atoms with E-state index >= 15 is 0 Å². The number of carbonyl (C=O) groups excluding carboxylic acids is 1. The Morgan fingerprint density at radius 3 is 3.06 bits per heavy atom. The fourth-order valence-corrected chi connectivity index (χ4v) is 5.42. The molecular weight excluding hydrogens is 469 g/mol. The maximum atomic E-state index is 14.6. The molecule has 3 aromatic rings. The first-order valence-electron chi connectivity index (χ1n) is 11.6. The summed E-state index contributed by atoms with van der Waals surface area (Å²) in [6.45, 7) is 3.12. The van der Waals surface area contributed by atoms with Crippen LogP contribution in [-0.4, -0.2) is 71.0 Å². The van der Waals surface area contributed by atoms with Crippen LogP contribution in [0.2, 0.25) is 0 Å². The maximum absolute atomic E-state index is 14.6. The van der Waals surface area contributed by atoms with Gasteiger partial charge in [-0.3, -0.25) is 9.78 Å². The Balaban J connectivity index is 1.15. The highest BCUT2D eigenvalue weighted by atomic mass is 32.2. The van der Waals surface area contributed by atoms with Crippen LogP contribution in [0.1, 0.15) is 11.3 Å². The molecule has 35 heavy (non-hydrogen) atoms. The minimum atomic E-state index is -0.450. The first-order chi connectivity index (χ1) is 17.0. The molecule has 8 nitrogen and oxygen atoms in total. The van der Waals surface area contributed by atoms with Crippen molar-refractivity contribution >= 4 is 34.4 Å². The number of aromatic nitrogens is 2. The molecule has 5 rings (SSSR count). The standard InChI is InChI=1S/C25H28FN5O3S/c1-34-17-3-4-21-19(8-17)18(20(26)11-28-21)6-7-31-12-15(22(32)13-31)9-27-10-16-2-5-23-25(29-16)30-24(33)14-35-23/h2-5,8,11,15,22,27,32H,6-7,9-10,12-14H2,1H3,(H,29,30,33)/t15-,22+/m0/s1. The third kappa shape index (κ3) is 5.40. The normalized spacial score (nSPS) is 20.1. The van der Waals surface area contributed by atoms with E-state index in [4.69, 9.17) is 4.74 Å². The molecule has 0 aliphatic carbocycles. The van der Waals surface area contributed by atoms with E-state index in [0.29, 0.717) is 55.5 Å². The second-order valence-electron chi connectivity index (χ2n) is 8.92. The number of nitrogens with one attached hydrogen (secondary N) is 2. The molecule has 0 radical (unpaired) electrons. The third-order valence-corrected chi connectivity index (χ3v) is 7.59. The molecule has 0 unspecified atom stereocenters. The first kappa shape index (κ1) is 23.9. The number of rotatable bonds is 8. The van der Waals surface area contributed by atoms with E-state index in [-0.39, 0.29) is 17.6 Å². The molecule has 1 saturated heterocycles. The molecule has 2 atom stereocenters. The van der Waals surface area contributed by atoms with Gasteiger partial charge in [0, 0.05) is 49.6 Å². The number of likely N-dealkylation sites (tertiary alicyclic amines) is 1. The number of hydrogen-bond acceptors (Lipinski definition) is 8. The number of nitrogens with zero attached hydrogens (tertiary/aromatic N) is 3. The molecule has 3 N–H and O–H groups in total. The van der Waals surface area contributed by atoms with E-state index < -0.39 is 6.10 Å². The molecule has 2 aliphatic rings. The van der Waals surface area contributed by atoms with Crippen molar-refractivity contribution in [2.45, 2.75) is 24.0 Å². The highest BCUT2D eigenvalue weighted by molar-refractivity contribution is 8.00. The van der Waals surface area contributed by atoms with Gasteiger partial charge in [0.15, 0.2) is 0 Å². The van der Waals surface area contributed by atoms with Crippen LogP contribution in [0, 0.1) is 11.7 Å². The molecule has 0 spiro atoms. The summed E-state index contributed by atoms with van der Waals surface area (Å²) < 4.78 is 19.9. The molecule has 184 valence electrons. The van der Waals surface area contributed by atoms with E-state index in [2.05, 4.69) is 25.5 Å². The monoisotopic (exact) mass is 497 g/mol. The number of methoxy groups -OCH3 is 1. The second-order valence-corrected chi connectivity index (χ2v) is 9.94. The molecule has 1 fully saturated rings. The zero-order chi connectivity index (χ0) is 24.4. The van der Waals surface area contributed by atoms with Gasteiger partial charge in [-0.05, 0) is 36.8 Å². The first-order valence-corrected chi connectivity index (χ1v) is 12.6. The van der Waals surface area contributed by atoms with E-state index in [1.807, 2.05) is 30.3 Å². The lowest BCUT2D eigenvalue weighted by molar-refractivity contribution is -0.113. The van der Waals surface area contributed by atoms with Gasteiger partial charge in [0.1, 0.15) is 17.4 Å². The average molecular weight is 498 g/mol. The highest BCUT2D eigenvalue weighted by Gasteiger charge is 2.31. The summed E-state index contributed by atoms with van der Waals surface area (Å²) in [5, 5.41) is 17.5. The van der Waals surface area contributed by atoms with Crippen LogP contribution >= 0.6 is 11.8 Å². The number of aliphatic hydroxyl groups is 1. The predicted molar refractivity (Wildman–Crippen MR) is 133 cm³/mol. The van der Waals surface area contributed by atoms with E-state index in [1.54, 1.807) is 7.11 Å². The number of hydrogen-bond donors (Lipinski definition) is 3. The van der Waals surface area contributed by atoms with Gasteiger partial charge in [-0.1, -0.05) is 0 Å². The fourth-order valence-electron chi connectivity index (χ4n) is 4.67. The second kappa shape index (κ2) is 10.4. The van der Waals surface area contributed by atoms with Crippen molar-refractivity contribution < 1.29 is 19.0 Å². The van der Waals surface area contributed by atoms with Gasteiger partial charge >= 0.3 is 0 Å². The third-order valence-electron chi connectivity index (χ3n) is 6.54. The average Bonchev–Trinajstić information content (AvgIpc) is 3.21. The zero-order valence-electron chi connectivity index (χ0n) is 19.5. The highest BCUT2D eigenvalue weighted by Crippen LogP contribution is 2.30. The van der Waals surface area contributed by atoms with Gasteiger partial charge in [0.25, 0.3) is 0 Å². The number of halogens is 1. The van der Waals surface area contributed by atoms with Crippen molar-refractivity contribution in [1.82, 2.24) is 20.2 Å². The van der Waals surface area contributed by atoms with Crippen molar-refractivity contribution in [3.05, 3.63) is 53.6 Å². The molecule has 10 heteroatoms. The smallest absolute Gasteiger partial charge is 0.235 e. The number of aliphatic hydroxyl groups excluding tert-OH is 1. The Kier molecular flexibility index (Phi) is 7.14. The Morgan fingerprint density at radius 1 is 1.31 bits per heavy atom. The Labute approximate surface area is 207 Å². The van der Waals surface area contributed by atoms with Crippen molar-refractivity contribution in [1.29, 1.82) is 0 Å². The van der Waals surface area contributed by atoms with Gasteiger partial charge in [0.2, 0.25) is 5.91 Å². The Hall–Kier alpha value is -2.79. The summed E-state index contributed by atoms with van der Waals surface area (Å²) in [7, 11) is 1.59. The lowest BCUT2D eigenvalue weighted by Crippen LogP contribution is -2.30. The van der Waals surface area contributed by atoms with Gasteiger partial charge in [-0.2, -0.15) is 0 Å². The van der Waals surface area contributed by atoms with Crippen LogP contribution in [0.3, 0.4) is 0 Å². The zero-order valence-corrected chi connectivity index (χ0v) is 20.3. The van der Waals surface area contributed by atoms with Gasteiger partial charge in [-0.15, -0.1) is 11.8 Å². The largest absolute Gasteiger partial charge is 0.497 e. The number of ether oxygens (including phenoxy) is 1. The Morgan fingerprint density at radius 2 is 2.20 bits per heavy atom. The van der Waals surface area contributed by atoms with E-state index in [1.165, 1.54) is 18.0 Å². The molecule has 1 amide bonds. The fraction of sp³-hybridized carbons (Fsp3) is 0.400. The van der Waals surface area contributed by atoms with E-state index in [9.17, 15) is 14.3 Å². The molecule has 0 bridgehead atoms. The van der Waals surface area contributed by atoms with Crippen LogP contribution < -0.4 is 15.4 Å². The van der Waals surface area contributed by atoms with Crippen molar-refractivity contribution in [2.24, 2.45) is 5.92 Å². The minimum Gasteiger partial charge on any atom is -0.497 e. The lowest BCUT2D eigenvalue weighted by Gasteiger charge is -2.18. The van der Waals surface area contributed by atoms with Crippen molar-refractivity contribution in [2.75, 3.05) is 44.4 Å².